The van der Waals surface area contributed by atoms with E-state index >= 15 is 0 Å². The van der Waals surface area contributed by atoms with Crippen molar-refractivity contribution in [3.63, 3.8) is 0 Å². The fourth-order valence-corrected chi connectivity index (χ4v) is 2.05. The molecule has 4 nitrogen and oxygen atoms in total. The van der Waals surface area contributed by atoms with Gasteiger partial charge in [0.25, 0.3) is 5.91 Å². The molecular weight excluding hydrogens is 276 g/mol. The Morgan fingerprint density at radius 1 is 1.14 bits per heavy atom. The predicted molar refractivity (Wildman–Crippen MR) is 87.6 cm³/mol. The van der Waals surface area contributed by atoms with Crippen molar-refractivity contribution in [2.75, 3.05) is 6.54 Å². The number of amides is 1. The Bertz CT molecular complexity index is 596. The summed E-state index contributed by atoms with van der Waals surface area (Å²) in [5.41, 5.74) is 8.20. The minimum absolute atomic E-state index is 0.174. The third-order valence-electron chi connectivity index (χ3n) is 3.43. The number of ether oxygens (including phenoxy) is 1. The molecule has 0 aromatic heterocycles. The molecule has 0 aliphatic rings. The van der Waals surface area contributed by atoms with E-state index in [1.54, 1.807) is 6.92 Å². The smallest absolute Gasteiger partial charge is 0.260 e. The van der Waals surface area contributed by atoms with Gasteiger partial charge in [0.15, 0.2) is 6.10 Å². The van der Waals surface area contributed by atoms with E-state index < -0.39 is 6.10 Å². The third kappa shape index (κ3) is 4.60. The van der Waals surface area contributed by atoms with Gasteiger partial charge in [-0.3, -0.25) is 4.79 Å². The summed E-state index contributed by atoms with van der Waals surface area (Å²) >= 11 is 0. The molecule has 0 aliphatic carbocycles. The van der Waals surface area contributed by atoms with Crippen molar-refractivity contribution in [3.8, 4) is 5.75 Å². The first-order valence-corrected chi connectivity index (χ1v) is 7.38. The van der Waals surface area contributed by atoms with Gasteiger partial charge in [-0.2, -0.15) is 0 Å². The monoisotopic (exact) mass is 298 g/mol. The molecule has 0 heterocycles. The Labute approximate surface area is 131 Å². The number of nitrogens with one attached hydrogen (secondary N) is 1. The highest BCUT2D eigenvalue weighted by atomic mass is 16.5. The zero-order valence-electron chi connectivity index (χ0n) is 13.0. The summed E-state index contributed by atoms with van der Waals surface area (Å²) < 4.78 is 5.62. The van der Waals surface area contributed by atoms with E-state index in [0.29, 0.717) is 12.3 Å². The Hall–Kier alpha value is -2.33. The standard InChI is InChI=1S/C18H22N2O2/c1-13-8-10-16(11-9-13)22-14(2)18(21)20-12-17(19)15-6-4-3-5-7-15/h3-11,14,17H,12,19H2,1-2H3,(H,20,21). The highest BCUT2D eigenvalue weighted by Crippen LogP contribution is 2.13. The van der Waals surface area contributed by atoms with Gasteiger partial charge >= 0.3 is 0 Å². The highest BCUT2D eigenvalue weighted by Gasteiger charge is 2.15. The van der Waals surface area contributed by atoms with Crippen molar-refractivity contribution < 1.29 is 9.53 Å². The molecule has 0 spiro atoms. The molecule has 0 bridgehead atoms. The van der Waals surface area contributed by atoms with Crippen molar-refractivity contribution in [3.05, 3.63) is 65.7 Å². The van der Waals surface area contributed by atoms with Crippen LogP contribution < -0.4 is 15.8 Å². The van der Waals surface area contributed by atoms with Crippen LogP contribution in [-0.4, -0.2) is 18.6 Å². The summed E-state index contributed by atoms with van der Waals surface area (Å²) in [5.74, 6) is 0.507. The Kier molecular flexibility index (Phi) is 5.55. The first-order chi connectivity index (χ1) is 10.6. The van der Waals surface area contributed by atoms with E-state index in [4.69, 9.17) is 10.5 Å². The molecular formula is C18H22N2O2. The summed E-state index contributed by atoms with van der Waals surface area (Å²) in [4.78, 5) is 12.1. The lowest BCUT2D eigenvalue weighted by Gasteiger charge is -2.17. The highest BCUT2D eigenvalue weighted by molar-refractivity contribution is 5.80. The lowest BCUT2D eigenvalue weighted by atomic mass is 10.1. The molecule has 4 heteroatoms. The molecule has 0 fully saturated rings. The van der Waals surface area contributed by atoms with Crippen LogP contribution in [0, 0.1) is 6.92 Å². The summed E-state index contributed by atoms with van der Waals surface area (Å²) in [7, 11) is 0. The maximum atomic E-state index is 12.1. The Balaban J connectivity index is 1.82. The van der Waals surface area contributed by atoms with E-state index in [9.17, 15) is 4.79 Å². The van der Waals surface area contributed by atoms with Gasteiger partial charge < -0.3 is 15.8 Å². The normalized spacial score (nSPS) is 13.2. The SMILES string of the molecule is Cc1ccc(OC(C)C(=O)NCC(N)c2ccccc2)cc1. The molecule has 2 aromatic carbocycles. The van der Waals surface area contributed by atoms with Gasteiger partial charge in [-0.05, 0) is 31.5 Å². The zero-order chi connectivity index (χ0) is 15.9. The zero-order valence-corrected chi connectivity index (χ0v) is 13.0. The molecule has 2 atom stereocenters. The van der Waals surface area contributed by atoms with Crippen LogP contribution in [0.4, 0.5) is 0 Å². The maximum Gasteiger partial charge on any atom is 0.260 e. The molecule has 0 radical (unpaired) electrons. The first kappa shape index (κ1) is 16.0. The Morgan fingerprint density at radius 2 is 1.77 bits per heavy atom. The molecule has 0 aliphatic heterocycles. The van der Waals surface area contributed by atoms with Gasteiger partial charge in [-0.15, -0.1) is 0 Å². The average molecular weight is 298 g/mol. The summed E-state index contributed by atoms with van der Waals surface area (Å²) in [6.45, 7) is 4.11. The second-order valence-electron chi connectivity index (χ2n) is 5.34. The number of hydrogen-bond donors (Lipinski definition) is 2. The molecule has 22 heavy (non-hydrogen) atoms. The Morgan fingerprint density at radius 3 is 2.41 bits per heavy atom. The fourth-order valence-electron chi connectivity index (χ4n) is 2.05. The number of rotatable bonds is 6. The molecule has 2 aromatic rings. The third-order valence-corrected chi connectivity index (χ3v) is 3.43. The van der Waals surface area contributed by atoms with Crippen LogP contribution in [0.15, 0.2) is 54.6 Å². The lowest BCUT2D eigenvalue weighted by molar-refractivity contribution is -0.127. The van der Waals surface area contributed by atoms with Crippen molar-refractivity contribution in [2.24, 2.45) is 5.73 Å². The van der Waals surface area contributed by atoms with Crippen LogP contribution in [0.2, 0.25) is 0 Å². The van der Waals surface area contributed by atoms with Gasteiger partial charge in [0.1, 0.15) is 5.75 Å². The summed E-state index contributed by atoms with van der Waals surface area (Å²) in [6, 6.07) is 17.1. The van der Waals surface area contributed by atoms with Crippen LogP contribution in [0.5, 0.6) is 5.75 Å². The van der Waals surface area contributed by atoms with Gasteiger partial charge in [-0.25, -0.2) is 0 Å². The van der Waals surface area contributed by atoms with Crippen LogP contribution in [0.25, 0.3) is 0 Å². The van der Waals surface area contributed by atoms with Crippen LogP contribution in [0.3, 0.4) is 0 Å². The number of carbonyl (C=O) groups is 1. The number of hydrogen-bond acceptors (Lipinski definition) is 3. The fraction of sp³-hybridized carbons (Fsp3) is 0.278. The molecule has 2 rings (SSSR count). The topological polar surface area (TPSA) is 64.3 Å². The van der Waals surface area contributed by atoms with Crippen LogP contribution in [-0.2, 0) is 4.79 Å². The predicted octanol–water partition coefficient (Wildman–Crippen LogP) is 2.58. The van der Waals surface area contributed by atoms with Gasteiger partial charge in [0.2, 0.25) is 0 Å². The number of aryl methyl sites for hydroxylation is 1. The maximum absolute atomic E-state index is 12.1. The quantitative estimate of drug-likeness (QED) is 0.861. The molecule has 0 saturated heterocycles. The van der Waals surface area contributed by atoms with E-state index in [2.05, 4.69) is 5.32 Å². The van der Waals surface area contributed by atoms with Crippen molar-refractivity contribution >= 4 is 5.91 Å². The second-order valence-corrected chi connectivity index (χ2v) is 5.34. The van der Waals surface area contributed by atoms with E-state index in [0.717, 1.165) is 11.1 Å². The molecule has 2 unspecified atom stereocenters. The van der Waals surface area contributed by atoms with E-state index in [1.807, 2.05) is 61.5 Å². The van der Waals surface area contributed by atoms with Crippen LogP contribution >= 0.6 is 0 Å². The minimum atomic E-state index is -0.564. The van der Waals surface area contributed by atoms with E-state index in [-0.39, 0.29) is 11.9 Å². The van der Waals surface area contributed by atoms with Gasteiger partial charge in [0, 0.05) is 12.6 Å². The van der Waals surface area contributed by atoms with Gasteiger partial charge in [0.05, 0.1) is 0 Å². The number of carbonyl (C=O) groups excluding carboxylic acids is 1. The summed E-state index contributed by atoms with van der Waals surface area (Å²) in [6.07, 6.45) is -0.564. The molecule has 116 valence electrons. The second kappa shape index (κ2) is 7.61. The number of benzene rings is 2. The van der Waals surface area contributed by atoms with E-state index in [1.165, 1.54) is 0 Å². The largest absolute Gasteiger partial charge is 0.481 e. The van der Waals surface area contributed by atoms with Crippen molar-refractivity contribution in [1.29, 1.82) is 0 Å². The van der Waals surface area contributed by atoms with Crippen molar-refractivity contribution in [2.45, 2.75) is 26.0 Å². The number of nitrogens with two attached hydrogens (primary N) is 1. The average Bonchev–Trinajstić information content (AvgIpc) is 2.55. The minimum Gasteiger partial charge on any atom is -0.481 e. The molecule has 1 amide bonds. The molecule has 3 N–H and O–H groups in total. The molecule has 0 saturated carbocycles. The van der Waals surface area contributed by atoms with Crippen LogP contribution in [0.1, 0.15) is 24.1 Å². The lowest BCUT2D eigenvalue weighted by Crippen LogP contribution is -2.39. The van der Waals surface area contributed by atoms with Gasteiger partial charge in [-0.1, -0.05) is 48.0 Å². The summed E-state index contributed by atoms with van der Waals surface area (Å²) in [5, 5.41) is 2.82. The first-order valence-electron chi connectivity index (χ1n) is 7.38. The van der Waals surface area contributed by atoms with Crippen molar-refractivity contribution in [1.82, 2.24) is 5.32 Å².